The maximum atomic E-state index is 4.49. The molecule has 0 saturated heterocycles. The summed E-state index contributed by atoms with van der Waals surface area (Å²) in [6, 6.07) is 8.09. The Balaban J connectivity index is 2.23. The largest absolute Gasteiger partial charge is 0.237 e. The first-order chi connectivity index (χ1) is 7.40. The number of rotatable bonds is 3. The van der Waals surface area contributed by atoms with Crippen molar-refractivity contribution in [3.8, 4) is 0 Å². The van der Waals surface area contributed by atoms with Crippen LogP contribution in [0.25, 0.3) is 11.0 Å². The molecule has 0 spiro atoms. The summed E-state index contributed by atoms with van der Waals surface area (Å²) in [4.78, 5) is 10.6. The van der Waals surface area contributed by atoms with Gasteiger partial charge in [0.2, 0.25) is 0 Å². The van der Waals surface area contributed by atoms with Crippen molar-refractivity contribution in [2.24, 2.45) is 0 Å². The summed E-state index contributed by atoms with van der Waals surface area (Å²) in [7, 11) is 0. The summed E-state index contributed by atoms with van der Waals surface area (Å²) in [6.45, 7) is 0. The Hall–Kier alpha value is -1.22. The summed E-state index contributed by atoms with van der Waals surface area (Å²) in [5.74, 6) is 0. The van der Waals surface area contributed by atoms with Crippen LogP contribution in [0.2, 0.25) is 0 Å². The molecule has 0 aliphatic heterocycles. The lowest BCUT2D eigenvalue weighted by molar-refractivity contribution is 0.952. The standard InChI is InChI=1S/C12H11BrN2/c13-8-2-1-5-11-7-6-10-4-3-9-14-12(10)15-11/h2-4,6-9H,1,5H2. The molecule has 0 amide bonds. The van der Waals surface area contributed by atoms with Crippen LogP contribution in [-0.4, -0.2) is 9.97 Å². The molecule has 0 N–H and O–H groups in total. The second-order valence-corrected chi connectivity index (χ2v) is 3.78. The van der Waals surface area contributed by atoms with Crippen molar-refractivity contribution < 1.29 is 0 Å². The van der Waals surface area contributed by atoms with E-state index in [1.807, 2.05) is 17.1 Å². The van der Waals surface area contributed by atoms with Crippen LogP contribution in [0, 0.1) is 0 Å². The van der Waals surface area contributed by atoms with Crippen molar-refractivity contribution in [1.82, 2.24) is 9.97 Å². The second kappa shape index (κ2) is 5.03. The molecule has 0 radical (unpaired) electrons. The van der Waals surface area contributed by atoms with Gasteiger partial charge in [0.25, 0.3) is 0 Å². The van der Waals surface area contributed by atoms with Crippen molar-refractivity contribution in [1.29, 1.82) is 0 Å². The van der Waals surface area contributed by atoms with Gasteiger partial charge in [0, 0.05) is 17.3 Å². The van der Waals surface area contributed by atoms with Gasteiger partial charge in [0.15, 0.2) is 5.65 Å². The summed E-state index contributed by atoms with van der Waals surface area (Å²) in [5, 5.41) is 1.09. The van der Waals surface area contributed by atoms with Crippen molar-refractivity contribution in [3.05, 3.63) is 47.2 Å². The molecular weight excluding hydrogens is 252 g/mol. The van der Waals surface area contributed by atoms with E-state index in [2.05, 4.69) is 44.1 Å². The molecule has 2 aromatic heterocycles. The van der Waals surface area contributed by atoms with Crippen LogP contribution in [0.5, 0.6) is 0 Å². The van der Waals surface area contributed by atoms with Crippen LogP contribution < -0.4 is 0 Å². The van der Waals surface area contributed by atoms with E-state index < -0.39 is 0 Å². The van der Waals surface area contributed by atoms with E-state index in [1.54, 1.807) is 6.20 Å². The molecule has 0 atom stereocenters. The first kappa shape index (κ1) is 10.3. The van der Waals surface area contributed by atoms with E-state index in [0.717, 1.165) is 29.6 Å². The highest BCUT2D eigenvalue weighted by Gasteiger charge is 1.97. The monoisotopic (exact) mass is 262 g/mol. The maximum Gasteiger partial charge on any atom is 0.159 e. The molecule has 76 valence electrons. The average molecular weight is 263 g/mol. The first-order valence-corrected chi connectivity index (χ1v) is 5.77. The molecule has 2 nitrogen and oxygen atoms in total. The van der Waals surface area contributed by atoms with Crippen molar-refractivity contribution >= 4 is 27.0 Å². The fourth-order valence-corrected chi connectivity index (χ4v) is 1.69. The highest BCUT2D eigenvalue weighted by Crippen LogP contribution is 2.10. The van der Waals surface area contributed by atoms with Crippen LogP contribution in [0.15, 0.2) is 41.5 Å². The minimum Gasteiger partial charge on any atom is -0.237 e. The Morgan fingerprint density at radius 2 is 2.20 bits per heavy atom. The van der Waals surface area contributed by atoms with E-state index in [1.165, 1.54) is 0 Å². The van der Waals surface area contributed by atoms with Gasteiger partial charge in [-0.3, -0.25) is 0 Å². The lowest BCUT2D eigenvalue weighted by Gasteiger charge is -1.99. The molecule has 0 aromatic carbocycles. The zero-order valence-electron chi connectivity index (χ0n) is 8.23. The number of hydrogen-bond donors (Lipinski definition) is 0. The molecule has 2 rings (SSSR count). The molecule has 0 aliphatic carbocycles. The lowest BCUT2D eigenvalue weighted by atomic mass is 10.2. The number of hydrogen-bond acceptors (Lipinski definition) is 2. The van der Waals surface area contributed by atoms with Crippen molar-refractivity contribution in [3.63, 3.8) is 0 Å². The van der Waals surface area contributed by atoms with Gasteiger partial charge in [-0.25, -0.2) is 9.97 Å². The highest BCUT2D eigenvalue weighted by molar-refractivity contribution is 9.11. The van der Waals surface area contributed by atoms with Crippen LogP contribution in [0.1, 0.15) is 12.1 Å². The third-order valence-electron chi connectivity index (χ3n) is 2.18. The zero-order valence-corrected chi connectivity index (χ0v) is 9.81. The van der Waals surface area contributed by atoms with E-state index in [9.17, 15) is 0 Å². The zero-order chi connectivity index (χ0) is 10.5. The lowest BCUT2D eigenvalue weighted by Crippen LogP contribution is -1.91. The van der Waals surface area contributed by atoms with E-state index in [4.69, 9.17) is 0 Å². The van der Waals surface area contributed by atoms with Crippen molar-refractivity contribution in [2.45, 2.75) is 12.8 Å². The third-order valence-corrected chi connectivity index (χ3v) is 2.55. The summed E-state index contributed by atoms with van der Waals surface area (Å²) < 4.78 is 0. The maximum absolute atomic E-state index is 4.49. The fourth-order valence-electron chi connectivity index (χ4n) is 1.43. The Kier molecular flexibility index (Phi) is 3.45. The first-order valence-electron chi connectivity index (χ1n) is 4.86. The van der Waals surface area contributed by atoms with Crippen LogP contribution in [-0.2, 0) is 6.42 Å². The minimum atomic E-state index is 0.831. The topological polar surface area (TPSA) is 25.8 Å². The minimum absolute atomic E-state index is 0.831. The summed E-state index contributed by atoms with van der Waals surface area (Å²) in [6.07, 6.45) is 5.80. The van der Waals surface area contributed by atoms with E-state index >= 15 is 0 Å². The smallest absolute Gasteiger partial charge is 0.159 e. The number of aryl methyl sites for hydroxylation is 1. The average Bonchev–Trinajstić information content (AvgIpc) is 2.29. The molecule has 0 bridgehead atoms. The number of nitrogens with zero attached hydrogens (tertiary/aromatic N) is 2. The van der Waals surface area contributed by atoms with Crippen molar-refractivity contribution in [2.75, 3.05) is 0 Å². The number of pyridine rings is 2. The molecule has 15 heavy (non-hydrogen) atoms. The summed E-state index contributed by atoms with van der Waals surface area (Å²) in [5.41, 5.74) is 1.92. The molecule has 0 aliphatic rings. The molecular formula is C12H11BrN2. The molecule has 0 fully saturated rings. The van der Waals surface area contributed by atoms with Crippen LogP contribution in [0.4, 0.5) is 0 Å². The second-order valence-electron chi connectivity index (χ2n) is 3.25. The number of fused-ring (bicyclic) bond motifs is 1. The SMILES string of the molecule is BrC=CCCc1ccc2cccnc2n1. The van der Waals surface area contributed by atoms with Gasteiger partial charge in [-0.1, -0.05) is 22.0 Å². The van der Waals surface area contributed by atoms with Gasteiger partial charge in [0.05, 0.1) is 0 Å². The molecule has 2 aromatic rings. The quantitative estimate of drug-likeness (QED) is 0.847. The Labute approximate surface area is 97.2 Å². The Morgan fingerprint density at radius 1 is 1.27 bits per heavy atom. The van der Waals surface area contributed by atoms with E-state index in [-0.39, 0.29) is 0 Å². The van der Waals surface area contributed by atoms with Crippen LogP contribution >= 0.6 is 15.9 Å². The predicted molar refractivity (Wildman–Crippen MR) is 65.9 cm³/mol. The van der Waals surface area contributed by atoms with Gasteiger partial charge in [-0.05, 0) is 42.1 Å². The highest BCUT2D eigenvalue weighted by atomic mass is 79.9. The Morgan fingerprint density at radius 3 is 3.07 bits per heavy atom. The molecule has 2 heterocycles. The van der Waals surface area contributed by atoms with Gasteiger partial charge in [-0.15, -0.1) is 0 Å². The normalized spacial score (nSPS) is 11.3. The van der Waals surface area contributed by atoms with Gasteiger partial charge in [0.1, 0.15) is 0 Å². The number of allylic oxidation sites excluding steroid dienone is 1. The number of aromatic nitrogens is 2. The molecule has 3 heteroatoms. The number of halogens is 1. The van der Waals surface area contributed by atoms with Gasteiger partial charge < -0.3 is 0 Å². The molecule has 0 saturated carbocycles. The molecule has 0 unspecified atom stereocenters. The predicted octanol–water partition coefficient (Wildman–Crippen LogP) is 3.47. The van der Waals surface area contributed by atoms with Crippen LogP contribution in [0.3, 0.4) is 0 Å². The third kappa shape index (κ3) is 2.63. The van der Waals surface area contributed by atoms with E-state index in [0.29, 0.717) is 0 Å². The summed E-state index contributed by atoms with van der Waals surface area (Å²) >= 11 is 3.25. The Bertz CT molecular complexity index is 480. The fraction of sp³-hybridized carbons (Fsp3) is 0.167. The van der Waals surface area contributed by atoms with Gasteiger partial charge >= 0.3 is 0 Å². The van der Waals surface area contributed by atoms with Gasteiger partial charge in [-0.2, -0.15) is 0 Å².